The van der Waals surface area contributed by atoms with Crippen molar-refractivity contribution in [2.75, 3.05) is 12.4 Å². The topological polar surface area (TPSA) is 94.4 Å². The molecule has 0 spiro atoms. The van der Waals surface area contributed by atoms with Crippen molar-refractivity contribution in [1.82, 2.24) is 4.98 Å². The van der Waals surface area contributed by atoms with E-state index in [-0.39, 0.29) is 11.3 Å². The number of hydrogen-bond acceptors (Lipinski definition) is 6. The lowest BCUT2D eigenvalue weighted by atomic mass is 10.1. The van der Waals surface area contributed by atoms with Gasteiger partial charge in [-0.2, -0.15) is 0 Å². The number of nitro benzene ring substituents is 1. The van der Waals surface area contributed by atoms with Crippen molar-refractivity contribution in [2.24, 2.45) is 0 Å². The minimum absolute atomic E-state index is 0.102. The summed E-state index contributed by atoms with van der Waals surface area (Å²) in [6, 6.07) is 9.66. The van der Waals surface area contributed by atoms with Gasteiger partial charge in [0, 0.05) is 28.1 Å². The summed E-state index contributed by atoms with van der Waals surface area (Å²) < 4.78 is 5.13. The number of carbonyl (C=O) groups excluding carboxylic acids is 1. The summed E-state index contributed by atoms with van der Waals surface area (Å²) in [7, 11) is 1.53. The first kappa shape index (κ1) is 18.8. The monoisotopic (exact) mass is 403 g/mol. The van der Waals surface area contributed by atoms with Gasteiger partial charge in [0.15, 0.2) is 5.13 Å². The number of rotatable bonds is 5. The molecule has 1 aromatic heterocycles. The lowest BCUT2D eigenvalue weighted by molar-refractivity contribution is -0.385. The molecule has 0 fully saturated rings. The zero-order valence-corrected chi connectivity index (χ0v) is 15.9. The van der Waals surface area contributed by atoms with Crippen LogP contribution in [0, 0.1) is 17.0 Å². The van der Waals surface area contributed by atoms with Crippen molar-refractivity contribution in [3.05, 3.63) is 68.0 Å². The van der Waals surface area contributed by atoms with Gasteiger partial charge in [-0.1, -0.05) is 17.7 Å². The van der Waals surface area contributed by atoms with Crippen LogP contribution in [0.4, 0.5) is 10.8 Å². The molecule has 0 aliphatic heterocycles. The first-order chi connectivity index (χ1) is 12.9. The fourth-order valence-electron chi connectivity index (χ4n) is 2.52. The molecule has 1 heterocycles. The minimum Gasteiger partial charge on any atom is -0.495 e. The normalized spacial score (nSPS) is 10.5. The minimum atomic E-state index is -0.513. The second-order valence-electron chi connectivity index (χ2n) is 5.55. The highest BCUT2D eigenvalue weighted by Gasteiger charge is 2.19. The molecule has 27 heavy (non-hydrogen) atoms. The van der Waals surface area contributed by atoms with Gasteiger partial charge in [-0.25, -0.2) is 4.98 Å². The van der Waals surface area contributed by atoms with E-state index in [1.165, 1.54) is 36.6 Å². The van der Waals surface area contributed by atoms with Crippen LogP contribution in [0.5, 0.6) is 5.75 Å². The number of hydrogen-bond donors (Lipinski definition) is 1. The maximum atomic E-state index is 12.5. The third-order valence-electron chi connectivity index (χ3n) is 3.92. The smallest absolute Gasteiger partial charge is 0.273 e. The third kappa shape index (κ3) is 3.91. The first-order valence-corrected chi connectivity index (χ1v) is 9.01. The number of carbonyl (C=O) groups is 1. The summed E-state index contributed by atoms with van der Waals surface area (Å²) in [4.78, 5) is 27.4. The first-order valence-electron chi connectivity index (χ1n) is 7.75. The van der Waals surface area contributed by atoms with E-state index >= 15 is 0 Å². The molecule has 0 radical (unpaired) electrons. The van der Waals surface area contributed by atoms with E-state index in [2.05, 4.69) is 10.3 Å². The van der Waals surface area contributed by atoms with Crippen LogP contribution in [-0.2, 0) is 0 Å². The zero-order chi connectivity index (χ0) is 19.6. The summed E-state index contributed by atoms with van der Waals surface area (Å²) in [5, 5.41) is 16.3. The third-order valence-corrected chi connectivity index (χ3v) is 4.97. The molecule has 7 nitrogen and oxygen atoms in total. The second-order valence-corrected chi connectivity index (χ2v) is 6.81. The molecular weight excluding hydrogens is 390 g/mol. The van der Waals surface area contributed by atoms with Gasteiger partial charge in [-0.15, -0.1) is 11.3 Å². The van der Waals surface area contributed by atoms with Crippen molar-refractivity contribution in [3.8, 4) is 17.0 Å². The Morgan fingerprint density at radius 3 is 2.78 bits per heavy atom. The predicted molar refractivity (Wildman–Crippen MR) is 105 cm³/mol. The van der Waals surface area contributed by atoms with Crippen LogP contribution in [0.25, 0.3) is 11.3 Å². The van der Waals surface area contributed by atoms with Crippen LogP contribution in [0.3, 0.4) is 0 Å². The Hall–Kier alpha value is -2.97. The molecular formula is C18H14ClN3O4S. The van der Waals surface area contributed by atoms with Crippen molar-refractivity contribution >= 4 is 39.7 Å². The number of benzene rings is 2. The molecule has 0 unspecified atom stereocenters. The van der Waals surface area contributed by atoms with Gasteiger partial charge in [-0.05, 0) is 31.2 Å². The quantitative estimate of drug-likeness (QED) is 0.481. The van der Waals surface area contributed by atoms with Gasteiger partial charge in [0.2, 0.25) is 0 Å². The van der Waals surface area contributed by atoms with Crippen molar-refractivity contribution in [2.45, 2.75) is 6.92 Å². The lowest BCUT2D eigenvalue weighted by Crippen LogP contribution is -2.14. The van der Waals surface area contributed by atoms with Crippen LogP contribution in [-0.4, -0.2) is 22.9 Å². The van der Waals surface area contributed by atoms with Crippen molar-refractivity contribution < 1.29 is 14.5 Å². The SMILES string of the molecule is COc1ccc(-c2csc(NC(=O)c3cccc([N+](=O)[O-])c3C)n2)cc1Cl. The number of thiazole rings is 1. The number of nitrogens with one attached hydrogen (secondary N) is 1. The Balaban J connectivity index is 1.82. The summed E-state index contributed by atoms with van der Waals surface area (Å²) in [5.74, 6) is 0.107. The number of aromatic nitrogens is 1. The second kappa shape index (κ2) is 7.73. The molecule has 2 aromatic carbocycles. The fourth-order valence-corrected chi connectivity index (χ4v) is 3.49. The molecule has 0 aliphatic rings. The Morgan fingerprint density at radius 2 is 2.11 bits per heavy atom. The summed E-state index contributed by atoms with van der Waals surface area (Å²) >= 11 is 7.38. The molecule has 1 amide bonds. The molecule has 3 rings (SSSR count). The Morgan fingerprint density at radius 1 is 1.33 bits per heavy atom. The van der Waals surface area contributed by atoms with E-state index in [0.717, 1.165) is 5.56 Å². The largest absolute Gasteiger partial charge is 0.495 e. The highest BCUT2D eigenvalue weighted by molar-refractivity contribution is 7.14. The van der Waals surface area contributed by atoms with Crippen LogP contribution in [0.15, 0.2) is 41.8 Å². The molecule has 0 saturated heterocycles. The fraction of sp³-hybridized carbons (Fsp3) is 0.111. The Bertz CT molecular complexity index is 1040. The van der Waals surface area contributed by atoms with Crippen LogP contribution in [0.1, 0.15) is 15.9 Å². The van der Waals surface area contributed by atoms with Gasteiger partial charge < -0.3 is 4.74 Å². The number of methoxy groups -OCH3 is 1. The van der Waals surface area contributed by atoms with E-state index in [4.69, 9.17) is 16.3 Å². The van der Waals surface area contributed by atoms with Crippen molar-refractivity contribution in [1.29, 1.82) is 0 Å². The number of halogens is 1. The molecule has 9 heteroatoms. The van der Waals surface area contributed by atoms with Crippen LogP contribution in [0.2, 0.25) is 5.02 Å². The number of ether oxygens (including phenoxy) is 1. The maximum Gasteiger partial charge on any atom is 0.273 e. The molecule has 0 saturated carbocycles. The summed E-state index contributed by atoms with van der Waals surface area (Å²) in [6.45, 7) is 1.54. The number of anilines is 1. The molecule has 0 atom stereocenters. The molecule has 0 bridgehead atoms. The van der Waals surface area contributed by atoms with Gasteiger partial charge in [0.05, 0.1) is 22.7 Å². The molecule has 3 aromatic rings. The number of nitrogens with zero attached hydrogens (tertiary/aromatic N) is 2. The van der Waals surface area contributed by atoms with Gasteiger partial charge in [0.1, 0.15) is 5.75 Å². The number of amides is 1. The van der Waals surface area contributed by atoms with E-state index in [1.807, 2.05) is 6.07 Å². The molecule has 1 N–H and O–H groups in total. The zero-order valence-electron chi connectivity index (χ0n) is 14.4. The van der Waals surface area contributed by atoms with Gasteiger partial charge in [-0.3, -0.25) is 20.2 Å². The van der Waals surface area contributed by atoms with E-state index in [9.17, 15) is 14.9 Å². The lowest BCUT2D eigenvalue weighted by Gasteiger charge is -2.06. The Labute approximate surface area is 163 Å². The van der Waals surface area contributed by atoms with Crippen LogP contribution >= 0.6 is 22.9 Å². The standard InChI is InChI=1S/C18H14ClN3O4S/c1-10-12(4-3-5-15(10)22(24)25)17(23)21-18-20-14(9-27-18)11-6-7-16(26-2)13(19)8-11/h3-9H,1-2H3,(H,20,21,23). The van der Waals surface area contributed by atoms with Crippen molar-refractivity contribution in [3.63, 3.8) is 0 Å². The maximum absolute atomic E-state index is 12.5. The average Bonchev–Trinajstić information content (AvgIpc) is 3.10. The van der Waals surface area contributed by atoms with Gasteiger partial charge in [0.25, 0.3) is 11.6 Å². The highest BCUT2D eigenvalue weighted by Crippen LogP contribution is 2.32. The number of nitro groups is 1. The summed E-state index contributed by atoms with van der Waals surface area (Å²) in [6.07, 6.45) is 0. The van der Waals surface area contributed by atoms with E-state index in [0.29, 0.717) is 27.2 Å². The predicted octanol–water partition coefficient (Wildman–Crippen LogP) is 4.94. The van der Waals surface area contributed by atoms with Gasteiger partial charge >= 0.3 is 0 Å². The molecule has 138 valence electrons. The molecule has 0 aliphatic carbocycles. The average molecular weight is 404 g/mol. The van der Waals surface area contributed by atoms with Crippen LogP contribution < -0.4 is 10.1 Å². The highest BCUT2D eigenvalue weighted by atomic mass is 35.5. The Kier molecular flexibility index (Phi) is 5.38. The summed E-state index contributed by atoms with van der Waals surface area (Å²) in [5.41, 5.74) is 1.86. The van der Waals surface area contributed by atoms with E-state index in [1.54, 1.807) is 24.4 Å². The van der Waals surface area contributed by atoms with E-state index < -0.39 is 10.8 Å².